The van der Waals surface area contributed by atoms with Crippen molar-refractivity contribution < 1.29 is 4.74 Å². The van der Waals surface area contributed by atoms with Crippen LogP contribution in [0.2, 0.25) is 0 Å². The number of nitrogens with one attached hydrogen (secondary N) is 2. The summed E-state index contributed by atoms with van der Waals surface area (Å²) >= 11 is 5.60. The van der Waals surface area contributed by atoms with E-state index in [9.17, 15) is 0 Å². The average Bonchev–Trinajstić information content (AvgIpc) is 3.50. The summed E-state index contributed by atoms with van der Waals surface area (Å²) in [4.78, 5) is 17.0. The number of fused-ring (bicyclic) bond motifs is 1. The highest BCUT2D eigenvalue weighted by Crippen LogP contribution is 2.28. The van der Waals surface area contributed by atoms with Gasteiger partial charge < -0.3 is 30.1 Å². The first-order valence-electron chi connectivity index (χ1n) is 13.6. The maximum atomic E-state index is 5.72. The van der Waals surface area contributed by atoms with Crippen molar-refractivity contribution in [3.05, 3.63) is 71.8 Å². The van der Waals surface area contributed by atoms with E-state index in [4.69, 9.17) is 26.9 Å². The van der Waals surface area contributed by atoms with Gasteiger partial charge in [0.15, 0.2) is 5.11 Å². The number of ether oxygens (including phenoxy) is 1. The summed E-state index contributed by atoms with van der Waals surface area (Å²) < 4.78 is 5.72. The summed E-state index contributed by atoms with van der Waals surface area (Å²) in [5, 5.41) is 7.08. The van der Waals surface area contributed by atoms with Crippen molar-refractivity contribution in [1.29, 1.82) is 0 Å². The number of rotatable bonds is 6. The van der Waals surface area contributed by atoms with E-state index in [1.165, 1.54) is 16.8 Å². The van der Waals surface area contributed by atoms with Crippen molar-refractivity contribution in [2.75, 3.05) is 65.9 Å². The van der Waals surface area contributed by atoms with Crippen LogP contribution in [0.1, 0.15) is 24.0 Å². The van der Waals surface area contributed by atoms with Gasteiger partial charge in [-0.2, -0.15) is 9.97 Å². The topological polar surface area (TPSA) is 68.8 Å². The Morgan fingerprint density at radius 3 is 2.34 bits per heavy atom. The molecular weight excluding hydrogens is 494 g/mol. The molecule has 3 aliphatic heterocycles. The number of thiocarbonyl (C=S) groups is 1. The zero-order chi connectivity index (χ0) is 25.7. The van der Waals surface area contributed by atoms with Gasteiger partial charge in [-0.05, 0) is 54.7 Å². The van der Waals surface area contributed by atoms with Gasteiger partial charge in [-0.15, -0.1) is 0 Å². The van der Waals surface area contributed by atoms with Crippen molar-refractivity contribution in [2.45, 2.75) is 31.9 Å². The Labute approximate surface area is 230 Å². The van der Waals surface area contributed by atoms with E-state index in [2.05, 4.69) is 86.0 Å². The fraction of sp³-hybridized carbons (Fsp3) is 0.414. The third-order valence-electron chi connectivity index (χ3n) is 7.62. The van der Waals surface area contributed by atoms with E-state index in [1.54, 1.807) is 0 Å². The zero-order valence-electron chi connectivity index (χ0n) is 21.7. The highest BCUT2D eigenvalue weighted by Gasteiger charge is 2.23. The van der Waals surface area contributed by atoms with Crippen LogP contribution in [0, 0.1) is 0 Å². The van der Waals surface area contributed by atoms with Crippen molar-refractivity contribution in [3.8, 4) is 0 Å². The number of nitrogens with zero attached hydrogens (tertiary/aromatic N) is 5. The molecule has 9 heteroatoms. The summed E-state index contributed by atoms with van der Waals surface area (Å²) in [6, 6.07) is 21.5. The van der Waals surface area contributed by atoms with Gasteiger partial charge in [-0.1, -0.05) is 42.5 Å². The Bertz CT molecular complexity index is 1240. The summed E-state index contributed by atoms with van der Waals surface area (Å²) in [6.07, 6.45) is 3.40. The monoisotopic (exact) mass is 529 g/mol. The van der Waals surface area contributed by atoms with E-state index >= 15 is 0 Å². The van der Waals surface area contributed by atoms with Crippen molar-refractivity contribution in [1.82, 2.24) is 15.3 Å². The fourth-order valence-corrected chi connectivity index (χ4v) is 5.66. The number of para-hydroxylation sites is 1. The van der Waals surface area contributed by atoms with E-state index in [0.717, 1.165) is 76.8 Å². The molecule has 3 aromatic rings. The third-order valence-corrected chi connectivity index (χ3v) is 7.86. The molecule has 0 bridgehead atoms. The quantitative estimate of drug-likeness (QED) is 0.464. The molecule has 6 rings (SSSR count). The lowest BCUT2D eigenvalue weighted by Gasteiger charge is -2.37. The van der Waals surface area contributed by atoms with Crippen LogP contribution in [0.4, 0.5) is 23.3 Å². The van der Waals surface area contributed by atoms with Gasteiger partial charge in [0, 0.05) is 64.2 Å². The second kappa shape index (κ2) is 11.5. The van der Waals surface area contributed by atoms with Gasteiger partial charge in [0.05, 0.1) is 6.10 Å². The van der Waals surface area contributed by atoms with Crippen LogP contribution in [0.5, 0.6) is 0 Å². The van der Waals surface area contributed by atoms with E-state index in [0.29, 0.717) is 17.6 Å². The molecule has 2 fully saturated rings. The van der Waals surface area contributed by atoms with Gasteiger partial charge in [-0.3, -0.25) is 0 Å². The maximum absolute atomic E-state index is 5.72. The Hall–Kier alpha value is -3.43. The van der Waals surface area contributed by atoms with Gasteiger partial charge in [-0.25, -0.2) is 0 Å². The molecule has 0 aliphatic carbocycles. The summed E-state index contributed by atoms with van der Waals surface area (Å²) in [5.41, 5.74) is 4.05. The number of benzene rings is 2. The second-order valence-electron chi connectivity index (χ2n) is 10.1. The van der Waals surface area contributed by atoms with Crippen LogP contribution in [-0.2, 0) is 17.7 Å². The molecule has 0 saturated carbocycles. The first-order valence-corrected chi connectivity index (χ1v) is 14.0. The molecule has 2 aromatic carbocycles. The van der Waals surface area contributed by atoms with Gasteiger partial charge in [0.2, 0.25) is 5.95 Å². The molecule has 2 saturated heterocycles. The molecule has 4 heterocycles. The largest absolute Gasteiger partial charge is 0.376 e. The van der Waals surface area contributed by atoms with Crippen molar-refractivity contribution in [2.24, 2.45) is 0 Å². The van der Waals surface area contributed by atoms with Crippen molar-refractivity contribution >= 4 is 40.6 Å². The molecule has 198 valence electrons. The first-order chi connectivity index (χ1) is 18.7. The van der Waals surface area contributed by atoms with E-state index in [-0.39, 0.29) is 6.10 Å². The molecule has 1 aromatic heterocycles. The average molecular weight is 530 g/mol. The van der Waals surface area contributed by atoms with Crippen LogP contribution in [-0.4, -0.2) is 67.1 Å². The zero-order valence-corrected chi connectivity index (χ0v) is 22.5. The standard InChI is InChI=1S/C29H35N7OS/c38-29(30-20-25-11-6-18-37-25)33-28-31-26(35-16-14-34(15-17-35)24-9-2-1-3-10-24)19-27(32-28)36-13-12-22-7-4-5-8-23(22)21-36/h1-5,7-10,19,25H,6,11-18,20-21H2,(H2,30,31,32,33,38)/t25-/m0/s1. The van der Waals surface area contributed by atoms with E-state index < -0.39 is 0 Å². The molecule has 1 atom stereocenters. The molecule has 0 amide bonds. The SMILES string of the molecule is S=C(NC[C@@H]1CCCO1)Nc1nc(N2CCN(c3ccccc3)CC2)cc(N2CCc3ccccc3C2)n1. The highest BCUT2D eigenvalue weighted by atomic mass is 32.1. The summed E-state index contributed by atoms with van der Waals surface area (Å²) in [6.45, 7) is 6.99. The predicted molar refractivity (Wildman–Crippen MR) is 157 cm³/mol. The van der Waals surface area contributed by atoms with E-state index in [1.807, 2.05) is 0 Å². The maximum Gasteiger partial charge on any atom is 0.232 e. The first kappa shape index (κ1) is 24.9. The van der Waals surface area contributed by atoms with Crippen LogP contribution in [0.25, 0.3) is 0 Å². The molecule has 0 spiro atoms. The lowest BCUT2D eigenvalue weighted by atomic mass is 10.00. The lowest BCUT2D eigenvalue weighted by molar-refractivity contribution is 0.114. The minimum atomic E-state index is 0.215. The Morgan fingerprint density at radius 1 is 0.868 bits per heavy atom. The molecule has 0 radical (unpaired) electrons. The number of hydrogen-bond acceptors (Lipinski definition) is 7. The Balaban J connectivity index is 1.20. The third kappa shape index (κ3) is 5.84. The predicted octanol–water partition coefficient (Wildman–Crippen LogP) is 3.83. The number of anilines is 4. The second-order valence-corrected chi connectivity index (χ2v) is 10.5. The molecule has 8 nitrogen and oxygen atoms in total. The van der Waals surface area contributed by atoms with Gasteiger partial charge in [0.25, 0.3) is 0 Å². The molecule has 0 unspecified atom stereocenters. The lowest BCUT2D eigenvalue weighted by Crippen LogP contribution is -2.47. The van der Waals surface area contributed by atoms with Crippen LogP contribution < -0.4 is 25.3 Å². The number of hydrogen-bond donors (Lipinski definition) is 2. The molecule has 2 N–H and O–H groups in total. The van der Waals surface area contributed by atoms with Crippen LogP contribution >= 0.6 is 12.2 Å². The van der Waals surface area contributed by atoms with Crippen molar-refractivity contribution in [3.63, 3.8) is 0 Å². The summed E-state index contributed by atoms with van der Waals surface area (Å²) in [7, 11) is 0. The minimum absolute atomic E-state index is 0.215. The number of piperazine rings is 1. The minimum Gasteiger partial charge on any atom is -0.376 e. The molecular formula is C29H35N7OS. The molecule has 3 aliphatic rings. The van der Waals surface area contributed by atoms with Crippen LogP contribution in [0.15, 0.2) is 60.7 Å². The molecule has 38 heavy (non-hydrogen) atoms. The smallest absolute Gasteiger partial charge is 0.232 e. The number of aromatic nitrogens is 2. The highest BCUT2D eigenvalue weighted by molar-refractivity contribution is 7.80. The Morgan fingerprint density at radius 2 is 1.58 bits per heavy atom. The van der Waals surface area contributed by atoms with Gasteiger partial charge in [0.1, 0.15) is 11.6 Å². The fourth-order valence-electron chi connectivity index (χ4n) is 5.48. The summed E-state index contributed by atoms with van der Waals surface area (Å²) in [5.74, 6) is 2.40. The Kier molecular flexibility index (Phi) is 7.55. The van der Waals surface area contributed by atoms with Gasteiger partial charge >= 0.3 is 0 Å². The van der Waals surface area contributed by atoms with Crippen LogP contribution in [0.3, 0.4) is 0 Å². The normalized spacial score (nSPS) is 19.3.